The summed E-state index contributed by atoms with van der Waals surface area (Å²) in [6, 6.07) is 8.54. The predicted molar refractivity (Wildman–Crippen MR) is 66.5 cm³/mol. The van der Waals surface area contributed by atoms with E-state index >= 15 is 0 Å². The van der Waals surface area contributed by atoms with E-state index in [4.69, 9.17) is 5.11 Å². The van der Waals surface area contributed by atoms with Crippen LogP contribution in [0.2, 0.25) is 0 Å². The summed E-state index contributed by atoms with van der Waals surface area (Å²) < 4.78 is 0. The Labute approximate surface area is 96.1 Å². The van der Waals surface area contributed by atoms with Crippen molar-refractivity contribution < 1.29 is 5.11 Å². The van der Waals surface area contributed by atoms with Gasteiger partial charge in [-0.3, -0.25) is 0 Å². The minimum absolute atomic E-state index is 0.194. The first kappa shape index (κ1) is 12.6. The van der Waals surface area contributed by atoms with Gasteiger partial charge in [-0.05, 0) is 25.1 Å². The van der Waals surface area contributed by atoms with E-state index in [9.17, 15) is 0 Å². The van der Waals surface area contributed by atoms with Crippen LogP contribution in [0.3, 0.4) is 0 Å². The fraction of sp³-hybridized carbons (Fsp3) is 0.500. The summed E-state index contributed by atoms with van der Waals surface area (Å²) in [6.45, 7) is 5.27. The molecule has 84 valence electrons. The molecular weight excluding hydrogens is 206 g/mol. The zero-order chi connectivity index (χ0) is 11.1. The molecule has 0 fully saturated rings. The zero-order valence-electron chi connectivity index (χ0n) is 9.36. The van der Waals surface area contributed by atoms with Crippen LogP contribution in [0.25, 0.3) is 0 Å². The molecule has 3 heteroatoms. The summed E-state index contributed by atoms with van der Waals surface area (Å²) in [4.78, 5) is 1.30. The van der Waals surface area contributed by atoms with Gasteiger partial charge in [-0.1, -0.05) is 25.1 Å². The van der Waals surface area contributed by atoms with Crippen LogP contribution in [-0.2, 0) is 0 Å². The van der Waals surface area contributed by atoms with Crippen LogP contribution in [0.4, 0.5) is 0 Å². The number of thioether (sulfide) groups is 1. The molecule has 0 heterocycles. The van der Waals surface area contributed by atoms with E-state index < -0.39 is 0 Å². The molecule has 0 aliphatic heterocycles. The molecule has 15 heavy (non-hydrogen) atoms. The minimum Gasteiger partial charge on any atom is -0.395 e. The molecule has 1 rings (SSSR count). The fourth-order valence-corrected chi connectivity index (χ4v) is 2.45. The molecule has 1 unspecified atom stereocenters. The van der Waals surface area contributed by atoms with Crippen LogP contribution >= 0.6 is 11.8 Å². The largest absolute Gasteiger partial charge is 0.395 e. The number of aliphatic hydroxyl groups excluding tert-OH is 1. The van der Waals surface area contributed by atoms with E-state index in [1.807, 2.05) is 6.07 Å². The van der Waals surface area contributed by atoms with Gasteiger partial charge in [-0.25, -0.2) is 0 Å². The molecule has 2 N–H and O–H groups in total. The van der Waals surface area contributed by atoms with Gasteiger partial charge in [-0.2, -0.15) is 0 Å². The highest BCUT2D eigenvalue weighted by molar-refractivity contribution is 7.99. The second kappa shape index (κ2) is 6.88. The molecule has 2 nitrogen and oxygen atoms in total. The van der Waals surface area contributed by atoms with E-state index in [0.29, 0.717) is 0 Å². The highest BCUT2D eigenvalue weighted by Gasteiger charge is 2.06. The van der Waals surface area contributed by atoms with Crippen molar-refractivity contribution in [3.8, 4) is 0 Å². The summed E-state index contributed by atoms with van der Waals surface area (Å²) in [5.74, 6) is 0.912. The first-order chi connectivity index (χ1) is 7.27. The van der Waals surface area contributed by atoms with Crippen molar-refractivity contribution in [3.63, 3.8) is 0 Å². The summed E-state index contributed by atoms with van der Waals surface area (Å²) in [6.07, 6.45) is 0. The molecule has 0 aliphatic carbocycles. The zero-order valence-corrected chi connectivity index (χ0v) is 10.2. The molecule has 1 aromatic rings. The number of aliphatic hydroxyl groups is 1. The van der Waals surface area contributed by atoms with Gasteiger partial charge in [0, 0.05) is 16.7 Å². The van der Waals surface area contributed by atoms with Crippen molar-refractivity contribution in [3.05, 3.63) is 29.8 Å². The smallest absolute Gasteiger partial charge is 0.0592 e. The van der Waals surface area contributed by atoms with Gasteiger partial charge in [0.2, 0.25) is 0 Å². The predicted octanol–water partition coefficient (Wildman–Crippen LogP) is 2.06. The Balaban J connectivity index is 2.45. The Morgan fingerprint density at radius 2 is 2.13 bits per heavy atom. The van der Waals surface area contributed by atoms with E-state index in [1.54, 1.807) is 11.8 Å². The van der Waals surface area contributed by atoms with E-state index in [0.717, 1.165) is 12.3 Å². The van der Waals surface area contributed by atoms with Gasteiger partial charge in [-0.15, -0.1) is 11.8 Å². The standard InChI is InChI=1S/C12H19NOS/c1-3-13-11(8-14)9-15-12-7-5-4-6-10(12)2/h4-7,11,13-14H,3,8-9H2,1-2H3. The highest BCUT2D eigenvalue weighted by atomic mass is 32.2. The quantitative estimate of drug-likeness (QED) is 0.727. The maximum atomic E-state index is 9.13. The molecule has 0 saturated carbocycles. The van der Waals surface area contributed by atoms with Gasteiger partial charge in [0.05, 0.1) is 6.61 Å². The van der Waals surface area contributed by atoms with Gasteiger partial charge < -0.3 is 10.4 Å². The van der Waals surface area contributed by atoms with Gasteiger partial charge >= 0.3 is 0 Å². The van der Waals surface area contributed by atoms with Crippen molar-refractivity contribution in [1.82, 2.24) is 5.32 Å². The van der Waals surface area contributed by atoms with E-state index in [1.165, 1.54) is 10.5 Å². The molecule has 1 atom stereocenters. The number of nitrogens with one attached hydrogen (secondary N) is 1. The van der Waals surface area contributed by atoms with E-state index in [-0.39, 0.29) is 12.6 Å². The summed E-state index contributed by atoms with van der Waals surface area (Å²) >= 11 is 1.80. The van der Waals surface area contributed by atoms with Crippen LogP contribution in [0.15, 0.2) is 29.2 Å². The second-order valence-corrected chi connectivity index (χ2v) is 4.58. The van der Waals surface area contributed by atoms with Gasteiger partial charge in [0.15, 0.2) is 0 Å². The molecule has 0 aromatic heterocycles. The Bertz CT molecular complexity index is 291. The van der Waals surface area contributed by atoms with Gasteiger partial charge in [0.1, 0.15) is 0 Å². The van der Waals surface area contributed by atoms with Crippen LogP contribution in [0.5, 0.6) is 0 Å². The molecule has 1 aromatic carbocycles. The third kappa shape index (κ3) is 4.24. The van der Waals surface area contributed by atoms with Crippen molar-refractivity contribution in [2.45, 2.75) is 24.8 Å². The molecule has 0 radical (unpaired) electrons. The number of hydrogen-bond acceptors (Lipinski definition) is 3. The third-order valence-corrected chi connectivity index (χ3v) is 3.58. The first-order valence-electron chi connectivity index (χ1n) is 5.30. The summed E-state index contributed by atoms with van der Waals surface area (Å²) in [5.41, 5.74) is 1.30. The molecular formula is C12H19NOS. The second-order valence-electron chi connectivity index (χ2n) is 3.51. The first-order valence-corrected chi connectivity index (χ1v) is 6.29. The summed E-state index contributed by atoms with van der Waals surface area (Å²) in [7, 11) is 0. The van der Waals surface area contributed by atoms with Crippen LogP contribution in [0.1, 0.15) is 12.5 Å². The average molecular weight is 225 g/mol. The molecule has 0 bridgehead atoms. The van der Waals surface area contributed by atoms with Crippen LogP contribution in [-0.4, -0.2) is 30.1 Å². The highest BCUT2D eigenvalue weighted by Crippen LogP contribution is 2.22. The SMILES string of the molecule is CCNC(CO)CSc1ccccc1C. The van der Waals surface area contributed by atoms with Crippen molar-refractivity contribution >= 4 is 11.8 Å². The number of rotatable bonds is 6. The number of aryl methyl sites for hydroxylation is 1. The average Bonchev–Trinajstić information content (AvgIpc) is 2.26. The number of hydrogen-bond donors (Lipinski definition) is 2. The van der Waals surface area contributed by atoms with E-state index in [2.05, 4.69) is 37.4 Å². The van der Waals surface area contributed by atoms with Crippen LogP contribution < -0.4 is 5.32 Å². The van der Waals surface area contributed by atoms with Crippen molar-refractivity contribution in [1.29, 1.82) is 0 Å². The van der Waals surface area contributed by atoms with Crippen molar-refractivity contribution in [2.75, 3.05) is 18.9 Å². The minimum atomic E-state index is 0.194. The third-order valence-electron chi connectivity index (χ3n) is 2.25. The van der Waals surface area contributed by atoms with Crippen LogP contribution in [0, 0.1) is 6.92 Å². The molecule has 0 spiro atoms. The Kier molecular flexibility index (Phi) is 5.76. The fourth-order valence-electron chi connectivity index (χ4n) is 1.37. The van der Waals surface area contributed by atoms with Gasteiger partial charge in [0.25, 0.3) is 0 Å². The lowest BCUT2D eigenvalue weighted by atomic mass is 10.2. The molecule has 0 aliphatic rings. The lowest BCUT2D eigenvalue weighted by Gasteiger charge is -2.14. The normalized spacial score (nSPS) is 12.7. The lowest BCUT2D eigenvalue weighted by molar-refractivity contribution is 0.255. The maximum absolute atomic E-state index is 9.13. The van der Waals surface area contributed by atoms with Crippen molar-refractivity contribution in [2.24, 2.45) is 0 Å². The lowest BCUT2D eigenvalue weighted by Crippen LogP contribution is -2.34. The monoisotopic (exact) mass is 225 g/mol. The number of likely N-dealkylation sites (N-methyl/N-ethyl adjacent to an activating group) is 1. The summed E-state index contributed by atoms with van der Waals surface area (Å²) in [5, 5.41) is 12.4. The topological polar surface area (TPSA) is 32.3 Å². The molecule has 0 saturated heterocycles. The Morgan fingerprint density at radius 3 is 2.73 bits per heavy atom. The maximum Gasteiger partial charge on any atom is 0.0592 e. The Hall–Kier alpha value is -0.510. The molecule has 0 amide bonds. The Morgan fingerprint density at radius 1 is 1.40 bits per heavy atom. The number of benzene rings is 1.